The normalized spacial score (nSPS) is 20.8. The number of nitrogens with zero attached hydrogens (tertiary/aromatic N) is 2. The van der Waals surface area contributed by atoms with Gasteiger partial charge in [-0.1, -0.05) is 13.0 Å². The predicted molar refractivity (Wildman–Crippen MR) is 131 cm³/mol. The molecule has 0 radical (unpaired) electrons. The molecular weight excluding hydrogens is 434 g/mol. The number of fused-ring (bicyclic) bond motifs is 1. The lowest BCUT2D eigenvalue weighted by atomic mass is 9.80. The van der Waals surface area contributed by atoms with E-state index in [2.05, 4.69) is 38.0 Å². The Bertz CT molecular complexity index is 1220. The predicted octanol–water partition coefficient (Wildman–Crippen LogP) is 4.09. The van der Waals surface area contributed by atoms with Gasteiger partial charge in [0.05, 0.1) is 19.9 Å². The number of anilines is 2. The maximum absolute atomic E-state index is 13.3. The molecular formula is C26H29N3O5. The molecule has 8 heteroatoms. The van der Waals surface area contributed by atoms with E-state index in [-0.39, 0.29) is 22.5 Å². The number of amides is 4. The molecule has 0 saturated carbocycles. The van der Waals surface area contributed by atoms with Gasteiger partial charge in [0, 0.05) is 24.3 Å². The minimum absolute atomic E-state index is 0.0316. The van der Waals surface area contributed by atoms with Crippen LogP contribution in [-0.2, 0) is 9.59 Å². The van der Waals surface area contributed by atoms with Crippen LogP contribution in [0, 0.1) is 0 Å². The van der Waals surface area contributed by atoms with Crippen molar-refractivity contribution < 1.29 is 23.9 Å². The molecule has 0 spiro atoms. The Balaban J connectivity index is 1.74. The molecule has 178 valence electrons. The molecule has 2 aliphatic heterocycles. The highest BCUT2D eigenvalue weighted by Gasteiger charge is 2.39. The molecule has 34 heavy (non-hydrogen) atoms. The number of nitrogens with one attached hydrogen (secondary N) is 1. The summed E-state index contributed by atoms with van der Waals surface area (Å²) in [7, 11) is 5.01. The summed E-state index contributed by atoms with van der Waals surface area (Å²) in [6.45, 7) is 6.61. The van der Waals surface area contributed by atoms with Crippen LogP contribution in [0.25, 0.3) is 6.08 Å². The summed E-state index contributed by atoms with van der Waals surface area (Å²) in [5.74, 6) is -0.362. The fourth-order valence-electron chi connectivity index (χ4n) is 4.70. The Kier molecular flexibility index (Phi) is 5.85. The van der Waals surface area contributed by atoms with Crippen molar-refractivity contribution in [2.75, 3.05) is 31.1 Å². The lowest BCUT2D eigenvalue weighted by Crippen LogP contribution is -2.54. The summed E-state index contributed by atoms with van der Waals surface area (Å²) >= 11 is 0. The number of urea groups is 1. The Morgan fingerprint density at radius 1 is 1.03 bits per heavy atom. The van der Waals surface area contributed by atoms with E-state index in [1.165, 1.54) is 20.3 Å². The summed E-state index contributed by atoms with van der Waals surface area (Å²) in [5, 5.41) is 2.26. The van der Waals surface area contributed by atoms with Crippen LogP contribution >= 0.6 is 0 Å². The topological polar surface area (TPSA) is 88.2 Å². The number of carbonyl (C=O) groups excluding carboxylic acids is 3. The lowest BCUT2D eigenvalue weighted by Gasteiger charge is -2.45. The van der Waals surface area contributed by atoms with Gasteiger partial charge in [0.25, 0.3) is 11.8 Å². The van der Waals surface area contributed by atoms with Crippen LogP contribution in [0.2, 0.25) is 0 Å². The monoisotopic (exact) mass is 463 g/mol. The molecule has 2 aromatic rings. The van der Waals surface area contributed by atoms with Crippen molar-refractivity contribution in [2.24, 2.45) is 0 Å². The largest absolute Gasteiger partial charge is 0.497 e. The molecule has 1 fully saturated rings. The van der Waals surface area contributed by atoms with Gasteiger partial charge in [-0.15, -0.1) is 0 Å². The smallest absolute Gasteiger partial charge is 0.336 e. The first-order chi connectivity index (χ1) is 16.1. The van der Waals surface area contributed by atoms with Gasteiger partial charge in [0.2, 0.25) is 0 Å². The number of hydrogen-bond acceptors (Lipinski definition) is 6. The first-order valence-electron chi connectivity index (χ1n) is 11.1. The highest BCUT2D eigenvalue weighted by Crippen LogP contribution is 2.43. The van der Waals surface area contributed by atoms with E-state index in [4.69, 9.17) is 9.47 Å². The number of carbonyl (C=O) groups is 3. The zero-order valence-electron chi connectivity index (χ0n) is 20.3. The van der Waals surface area contributed by atoms with Gasteiger partial charge in [-0.25, -0.2) is 9.69 Å². The average Bonchev–Trinajstić information content (AvgIpc) is 2.80. The maximum Gasteiger partial charge on any atom is 0.336 e. The highest BCUT2D eigenvalue weighted by molar-refractivity contribution is 6.39. The SMILES string of the molecule is COc1ccc(N2C(=O)NC(=O)/C(=C/c3ccc4c(c3)C(C)CC(C)(C)N4C)C2=O)c(OC)c1. The van der Waals surface area contributed by atoms with Crippen LogP contribution in [0.4, 0.5) is 16.2 Å². The van der Waals surface area contributed by atoms with Crippen molar-refractivity contribution in [1.82, 2.24) is 5.32 Å². The molecule has 2 heterocycles. The van der Waals surface area contributed by atoms with Crippen molar-refractivity contribution >= 4 is 35.3 Å². The second-order valence-electron chi connectivity index (χ2n) is 9.29. The molecule has 1 saturated heterocycles. The number of methoxy groups -OCH3 is 2. The Hall–Kier alpha value is -3.81. The van der Waals surface area contributed by atoms with Gasteiger partial charge in [-0.3, -0.25) is 14.9 Å². The van der Waals surface area contributed by atoms with Crippen molar-refractivity contribution in [2.45, 2.75) is 38.6 Å². The van der Waals surface area contributed by atoms with Gasteiger partial charge in [0.15, 0.2) is 0 Å². The zero-order chi connectivity index (χ0) is 24.8. The van der Waals surface area contributed by atoms with Crippen molar-refractivity contribution in [3.8, 4) is 11.5 Å². The van der Waals surface area contributed by atoms with Gasteiger partial charge in [0.1, 0.15) is 17.1 Å². The molecule has 1 N–H and O–H groups in total. The third-order valence-electron chi connectivity index (χ3n) is 6.70. The minimum Gasteiger partial charge on any atom is -0.497 e. The summed E-state index contributed by atoms with van der Waals surface area (Å²) < 4.78 is 10.5. The molecule has 2 aromatic carbocycles. The van der Waals surface area contributed by atoms with Crippen LogP contribution in [-0.4, -0.2) is 44.7 Å². The molecule has 4 rings (SSSR count). The molecule has 0 bridgehead atoms. The Morgan fingerprint density at radius 2 is 1.74 bits per heavy atom. The van der Waals surface area contributed by atoms with Gasteiger partial charge in [-0.2, -0.15) is 0 Å². The van der Waals surface area contributed by atoms with E-state index in [9.17, 15) is 14.4 Å². The van der Waals surface area contributed by atoms with Crippen molar-refractivity contribution in [3.63, 3.8) is 0 Å². The molecule has 0 aliphatic carbocycles. The summed E-state index contributed by atoms with van der Waals surface area (Å²) in [5.41, 5.74) is 3.12. The number of barbiturate groups is 1. The second-order valence-corrected chi connectivity index (χ2v) is 9.29. The van der Waals surface area contributed by atoms with E-state index in [1.807, 2.05) is 18.2 Å². The maximum atomic E-state index is 13.3. The average molecular weight is 464 g/mol. The van der Waals surface area contributed by atoms with Crippen LogP contribution in [0.1, 0.15) is 44.2 Å². The van der Waals surface area contributed by atoms with Crippen molar-refractivity contribution in [1.29, 1.82) is 0 Å². The third kappa shape index (κ3) is 3.89. The number of ether oxygens (including phenoxy) is 2. The fourth-order valence-corrected chi connectivity index (χ4v) is 4.70. The lowest BCUT2D eigenvalue weighted by molar-refractivity contribution is -0.122. The molecule has 4 amide bonds. The van der Waals surface area contributed by atoms with Crippen LogP contribution in [0.3, 0.4) is 0 Å². The van der Waals surface area contributed by atoms with Crippen molar-refractivity contribution in [3.05, 3.63) is 53.1 Å². The standard InChI is InChI=1S/C26H29N3O5/c1-15-14-26(2,3)28(4)20-9-7-16(11-18(15)20)12-19-23(30)27-25(32)29(24(19)31)21-10-8-17(33-5)13-22(21)34-6/h7-13,15H,14H2,1-6H3,(H,27,30,32)/b19-12-. The van der Waals surface area contributed by atoms with Crippen LogP contribution in [0.15, 0.2) is 42.0 Å². The van der Waals surface area contributed by atoms with E-state index < -0.39 is 17.8 Å². The van der Waals surface area contributed by atoms with Gasteiger partial charge >= 0.3 is 6.03 Å². The molecule has 2 aliphatic rings. The van der Waals surface area contributed by atoms with E-state index in [0.717, 1.165) is 22.6 Å². The molecule has 8 nitrogen and oxygen atoms in total. The molecule has 1 unspecified atom stereocenters. The van der Waals surface area contributed by atoms with E-state index in [1.54, 1.807) is 18.2 Å². The molecule has 1 atom stereocenters. The molecule has 0 aromatic heterocycles. The fraction of sp³-hybridized carbons (Fsp3) is 0.346. The van der Waals surface area contributed by atoms with Crippen LogP contribution in [0.5, 0.6) is 11.5 Å². The van der Waals surface area contributed by atoms with E-state index >= 15 is 0 Å². The van der Waals surface area contributed by atoms with Crippen LogP contribution < -0.4 is 24.6 Å². The minimum atomic E-state index is -0.835. The number of hydrogen-bond donors (Lipinski definition) is 1. The van der Waals surface area contributed by atoms with Gasteiger partial charge in [-0.05, 0) is 67.7 Å². The quantitative estimate of drug-likeness (QED) is 0.543. The Labute approximate surface area is 199 Å². The summed E-state index contributed by atoms with van der Waals surface area (Å²) in [6.07, 6.45) is 2.51. The number of rotatable bonds is 4. The highest BCUT2D eigenvalue weighted by atomic mass is 16.5. The first kappa shape index (κ1) is 23.4. The second kappa shape index (κ2) is 8.52. The summed E-state index contributed by atoms with van der Waals surface area (Å²) in [6, 6.07) is 9.79. The van der Waals surface area contributed by atoms with Gasteiger partial charge < -0.3 is 14.4 Å². The summed E-state index contributed by atoms with van der Waals surface area (Å²) in [4.78, 5) is 41.8. The number of imide groups is 2. The van der Waals surface area contributed by atoms with E-state index in [0.29, 0.717) is 17.2 Å². The third-order valence-corrected chi connectivity index (χ3v) is 6.70. The number of benzene rings is 2. The first-order valence-corrected chi connectivity index (χ1v) is 11.1. The Morgan fingerprint density at radius 3 is 2.41 bits per heavy atom. The zero-order valence-corrected chi connectivity index (χ0v) is 20.3.